The smallest absolute Gasteiger partial charge is 0.267 e. The molecule has 2 N–H and O–H groups in total. The van der Waals surface area contributed by atoms with Gasteiger partial charge in [0.1, 0.15) is 0 Å². The molecule has 0 bridgehead atoms. The third kappa shape index (κ3) is 3.82. The summed E-state index contributed by atoms with van der Waals surface area (Å²) in [7, 11) is 0. The standard InChI is InChI=1S/C11H2F23N/c12-1(4(17,18)11(33,34)35,2(13,14)5(19,20)7(23,24)9(27,28)29)3(15,16)6(21,22)8(25,26)10(30,31)32/h35H2. The lowest BCUT2D eigenvalue weighted by Crippen LogP contribution is -2.84. The summed E-state index contributed by atoms with van der Waals surface area (Å²) in [5.41, 5.74) is -6.98. The summed E-state index contributed by atoms with van der Waals surface area (Å²) in [6.07, 6.45) is -16.5. The van der Waals surface area contributed by atoms with Gasteiger partial charge < -0.3 is 0 Å². The molecule has 0 saturated carbocycles. The first-order chi connectivity index (χ1) is 14.5. The maximum absolute atomic E-state index is 14.3. The molecule has 0 amide bonds. The fraction of sp³-hybridized carbons (Fsp3) is 1.00. The molecule has 212 valence electrons. The molecule has 0 unspecified atom stereocenters. The number of alkyl halides is 23. The lowest BCUT2D eigenvalue weighted by atomic mass is 9.74. The zero-order valence-electron chi connectivity index (χ0n) is 14.8. The van der Waals surface area contributed by atoms with Crippen molar-refractivity contribution in [1.82, 2.24) is 0 Å². The first-order valence-electron chi connectivity index (χ1n) is 7.14. The topological polar surface area (TPSA) is 26.0 Å². The Morgan fingerprint density at radius 2 is 0.457 bits per heavy atom. The minimum atomic E-state index is -9.85. The third-order valence-electron chi connectivity index (χ3n) is 4.01. The molecule has 0 aliphatic rings. The van der Waals surface area contributed by atoms with Crippen LogP contribution in [-0.4, -0.2) is 65.5 Å². The van der Waals surface area contributed by atoms with Crippen LogP contribution in [0.25, 0.3) is 0 Å². The molecule has 35 heavy (non-hydrogen) atoms. The molecule has 0 aliphatic carbocycles. The van der Waals surface area contributed by atoms with Gasteiger partial charge in [0.05, 0.1) is 0 Å². The van der Waals surface area contributed by atoms with Crippen LogP contribution < -0.4 is 5.73 Å². The zero-order valence-corrected chi connectivity index (χ0v) is 14.8. The van der Waals surface area contributed by atoms with E-state index in [1.54, 1.807) is 0 Å². The minimum absolute atomic E-state index is 2.87. The number of hydrogen-bond donors (Lipinski definition) is 1. The lowest BCUT2D eigenvalue weighted by Gasteiger charge is -2.49. The molecule has 0 rings (SSSR count). The second kappa shape index (κ2) is 7.68. The molecular formula is C11H2F23N. The Morgan fingerprint density at radius 1 is 0.257 bits per heavy atom. The Bertz CT molecular complexity index is 727. The lowest BCUT2D eigenvalue weighted by molar-refractivity contribution is -0.485. The number of rotatable bonds is 8. The normalized spacial score (nSPS) is 17.1. The van der Waals surface area contributed by atoms with Crippen LogP contribution in [0.2, 0.25) is 0 Å². The van der Waals surface area contributed by atoms with E-state index in [9.17, 15) is 101 Å². The van der Waals surface area contributed by atoms with E-state index in [1.807, 2.05) is 0 Å². The van der Waals surface area contributed by atoms with Gasteiger partial charge >= 0.3 is 65.5 Å². The van der Waals surface area contributed by atoms with E-state index in [4.69, 9.17) is 0 Å². The minimum Gasteiger partial charge on any atom is -0.267 e. The second-order valence-corrected chi connectivity index (χ2v) is 6.30. The molecule has 0 atom stereocenters. The van der Waals surface area contributed by atoms with Crippen LogP contribution in [0, 0.1) is 0 Å². The van der Waals surface area contributed by atoms with Gasteiger partial charge in [-0.25, -0.2) is 4.39 Å². The van der Waals surface area contributed by atoms with Crippen LogP contribution in [0.3, 0.4) is 0 Å². The van der Waals surface area contributed by atoms with Gasteiger partial charge in [0, 0.05) is 0 Å². The van der Waals surface area contributed by atoms with Crippen molar-refractivity contribution in [2.75, 3.05) is 0 Å². The van der Waals surface area contributed by atoms with Crippen LogP contribution in [0.5, 0.6) is 0 Å². The molecule has 0 heterocycles. The maximum atomic E-state index is 14.3. The van der Waals surface area contributed by atoms with Crippen LogP contribution >= 0.6 is 0 Å². The molecule has 24 heteroatoms. The molecule has 1 nitrogen and oxygen atoms in total. The molecule has 0 aromatic rings. The van der Waals surface area contributed by atoms with Crippen LogP contribution in [0.1, 0.15) is 0 Å². The average Bonchev–Trinajstić information content (AvgIpc) is 2.56. The van der Waals surface area contributed by atoms with Crippen molar-refractivity contribution < 1.29 is 101 Å². The molecule has 0 radical (unpaired) electrons. The summed E-state index contributed by atoms with van der Waals surface area (Å²) >= 11 is 0. The fourth-order valence-corrected chi connectivity index (χ4v) is 2.00. The maximum Gasteiger partial charge on any atom is 0.460 e. The Balaban J connectivity index is 7.98. The van der Waals surface area contributed by atoms with Crippen LogP contribution in [0.4, 0.5) is 101 Å². The highest BCUT2D eigenvalue weighted by Crippen LogP contribution is 2.69. The van der Waals surface area contributed by atoms with Gasteiger partial charge in [-0.3, -0.25) is 5.73 Å². The highest BCUT2D eigenvalue weighted by atomic mass is 19.4. The largest absolute Gasteiger partial charge is 0.460 e. The van der Waals surface area contributed by atoms with Gasteiger partial charge in [-0.15, -0.1) is 0 Å². The first kappa shape index (κ1) is 33.4. The van der Waals surface area contributed by atoms with E-state index in [2.05, 4.69) is 5.73 Å². The average molecular weight is 585 g/mol. The van der Waals surface area contributed by atoms with Gasteiger partial charge in [0.15, 0.2) is 0 Å². The third-order valence-corrected chi connectivity index (χ3v) is 4.01. The Kier molecular flexibility index (Phi) is 7.32. The first-order valence-corrected chi connectivity index (χ1v) is 7.14. The summed E-state index contributed by atoms with van der Waals surface area (Å²) in [5, 5.41) is 0. The predicted octanol–water partition coefficient (Wildman–Crippen LogP) is 6.82. The SMILES string of the molecule is NC(F)(F)C(F)(F)C(F)(C(F)(F)C(F)(F)C(F)(F)C(F)(F)F)C(F)(F)C(F)(F)C(F)(F)C(F)(F)F. The molecule has 0 aliphatic heterocycles. The van der Waals surface area contributed by atoms with Crippen molar-refractivity contribution in [1.29, 1.82) is 0 Å². The Hall–Kier alpha value is -1.65. The highest BCUT2D eigenvalue weighted by Gasteiger charge is 3.02. The van der Waals surface area contributed by atoms with E-state index < -0.39 is 65.5 Å². The van der Waals surface area contributed by atoms with Crippen LogP contribution in [-0.2, 0) is 0 Å². The molecule has 0 aromatic heterocycles. The quantitative estimate of drug-likeness (QED) is 0.246. The summed E-state index contributed by atoms with van der Waals surface area (Å²) < 4.78 is 298. The summed E-state index contributed by atoms with van der Waals surface area (Å²) in [5.74, 6) is -64.6. The highest BCUT2D eigenvalue weighted by molar-refractivity contribution is 5.25. The van der Waals surface area contributed by atoms with Crippen molar-refractivity contribution in [3.63, 3.8) is 0 Å². The predicted molar refractivity (Wildman–Crippen MR) is 59.7 cm³/mol. The van der Waals surface area contributed by atoms with Gasteiger partial charge in [0.25, 0.3) is 0 Å². The van der Waals surface area contributed by atoms with E-state index in [0.717, 1.165) is 0 Å². The summed E-state index contributed by atoms with van der Waals surface area (Å²) in [4.78, 5) is 0. The van der Waals surface area contributed by atoms with Gasteiger partial charge in [-0.1, -0.05) is 0 Å². The van der Waals surface area contributed by atoms with Gasteiger partial charge in [-0.05, 0) is 0 Å². The molecule has 0 spiro atoms. The number of nitrogens with two attached hydrogens (primary N) is 1. The Labute approximate surface area is 174 Å². The second-order valence-electron chi connectivity index (χ2n) is 6.30. The van der Waals surface area contributed by atoms with E-state index in [1.165, 1.54) is 0 Å². The van der Waals surface area contributed by atoms with Crippen molar-refractivity contribution in [2.45, 2.75) is 65.5 Å². The molecule has 0 fully saturated rings. The zero-order chi connectivity index (χ0) is 29.5. The monoisotopic (exact) mass is 585 g/mol. The molecule has 0 saturated heterocycles. The van der Waals surface area contributed by atoms with E-state index in [0.29, 0.717) is 0 Å². The van der Waals surface area contributed by atoms with Crippen molar-refractivity contribution in [3.8, 4) is 0 Å². The summed E-state index contributed by atoms with van der Waals surface area (Å²) in [6, 6.07) is -7.75. The summed E-state index contributed by atoms with van der Waals surface area (Å²) in [6.45, 7) is 0. The van der Waals surface area contributed by atoms with E-state index >= 15 is 0 Å². The van der Waals surface area contributed by atoms with E-state index in [-0.39, 0.29) is 0 Å². The fourth-order valence-electron chi connectivity index (χ4n) is 2.00. The van der Waals surface area contributed by atoms with Gasteiger partial charge in [-0.2, -0.15) is 96.6 Å². The Morgan fingerprint density at radius 3 is 0.600 bits per heavy atom. The van der Waals surface area contributed by atoms with Crippen LogP contribution in [0.15, 0.2) is 0 Å². The van der Waals surface area contributed by atoms with Crippen molar-refractivity contribution in [3.05, 3.63) is 0 Å². The number of halogens is 23. The molecular weight excluding hydrogens is 583 g/mol. The number of hydrogen-bond acceptors (Lipinski definition) is 1. The van der Waals surface area contributed by atoms with Crippen molar-refractivity contribution >= 4 is 0 Å². The molecule has 0 aromatic carbocycles. The van der Waals surface area contributed by atoms with Crippen molar-refractivity contribution in [2.24, 2.45) is 5.73 Å². The van der Waals surface area contributed by atoms with Gasteiger partial charge in [0.2, 0.25) is 0 Å².